The van der Waals surface area contributed by atoms with Crippen LogP contribution in [0.5, 0.6) is 0 Å². The van der Waals surface area contributed by atoms with E-state index in [2.05, 4.69) is 4.74 Å². The van der Waals surface area contributed by atoms with Crippen molar-refractivity contribution in [1.82, 2.24) is 0 Å². The Morgan fingerprint density at radius 2 is 1.73 bits per heavy atom. The predicted molar refractivity (Wildman–Crippen MR) is 56.2 cm³/mol. The van der Waals surface area contributed by atoms with Crippen LogP contribution in [0.1, 0.15) is 33.6 Å². The molecule has 0 heterocycles. The van der Waals surface area contributed by atoms with Crippen LogP contribution in [-0.2, 0) is 19.1 Å². The molecule has 0 amide bonds. The largest absolute Gasteiger partial charge is 0.468 e. The first-order chi connectivity index (χ1) is 7.02. The zero-order valence-electron chi connectivity index (χ0n) is 9.91. The van der Waals surface area contributed by atoms with E-state index in [0.29, 0.717) is 12.3 Å². The van der Waals surface area contributed by atoms with Crippen LogP contribution in [0.2, 0.25) is 0 Å². The Hall–Kier alpha value is -1.06. The lowest BCUT2D eigenvalue weighted by Gasteiger charge is -2.14. The van der Waals surface area contributed by atoms with Crippen molar-refractivity contribution in [3.8, 4) is 0 Å². The molecule has 0 N–H and O–H groups in total. The molecule has 4 nitrogen and oxygen atoms in total. The van der Waals surface area contributed by atoms with Gasteiger partial charge in [0.05, 0.1) is 13.7 Å². The topological polar surface area (TPSA) is 52.6 Å². The van der Waals surface area contributed by atoms with Gasteiger partial charge in [-0.3, -0.25) is 9.59 Å². The zero-order chi connectivity index (χ0) is 11.8. The first-order valence-electron chi connectivity index (χ1n) is 5.27. The molecule has 0 aliphatic carbocycles. The van der Waals surface area contributed by atoms with Crippen molar-refractivity contribution >= 4 is 11.9 Å². The van der Waals surface area contributed by atoms with Crippen LogP contribution in [0.25, 0.3) is 0 Å². The monoisotopic (exact) mass is 216 g/mol. The van der Waals surface area contributed by atoms with Gasteiger partial charge in [0.2, 0.25) is 0 Å². The van der Waals surface area contributed by atoms with E-state index in [1.54, 1.807) is 6.92 Å². The first-order valence-corrected chi connectivity index (χ1v) is 5.27. The average molecular weight is 216 g/mol. The predicted octanol–water partition coefficient (Wildman–Crippen LogP) is 1.77. The van der Waals surface area contributed by atoms with E-state index in [4.69, 9.17) is 4.74 Å². The van der Waals surface area contributed by atoms with Crippen LogP contribution in [0, 0.1) is 11.8 Å². The fraction of sp³-hybridized carbons (Fsp3) is 0.818. The van der Waals surface area contributed by atoms with E-state index in [1.807, 2.05) is 13.8 Å². The van der Waals surface area contributed by atoms with Gasteiger partial charge in [0, 0.05) is 0 Å². The molecule has 0 aromatic rings. The lowest BCUT2D eigenvalue weighted by molar-refractivity contribution is -0.160. The Balaban J connectivity index is 4.30. The Labute approximate surface area is 90.9 Å². The van der Waals surface area contributed by atoms with E-state index in [-0.39, 0.29) is 6.61 Å². The summed E-state index contributed by atoms with van der Waals surface area (Å²) in [4.78, 5) is 22.8. The molecule has 0 aromatic carbocycles. The molecule has 0 aliphatic heterocycles. The summed E-state index contributed by atoms with van der Waals surface area (Å²) in [5.74, 6) is -1.30. The summed E-state index contributed by atoms with van der Waals surface area (Å²) in [5.41, 5.74) is 0. The maximum Gasteiger partial charge on any atom is 0.320 e. The molecule has 0 fully saturated rings. The van der Waals surface area contributed by atoms with Gasteiger partial charge in [-0.15, -0.1) is 0 Å². The maximum absolute atomic E-state index is 11.4. The molecule has 0 rings (SSSR count). The Morgan fingerprint density at radius 3 is 2.13 bits per heavy atom. The van der Waals surface area contributed by atoms with Crippen LogP contribution in [0.15, 0.2) is 0 Å². The van der Waals surface area contributed by atoms with E-state index in [9.17, 15) is 9.59 Å². The average Bonchev–Trinajstić information content (AvgIpc) is 2.17. The molecule has 0 spiro atoms. The molecular weight excluding hydrogens is 196 g/mol. The molecular formula is C11H20O4. The summed E-state index contributed by atoms with van der Waals surface area (Å²) in [5, 5.41) is 0. The van der Waals surface area contributed by atoms with E-state index < -0.39 is 17.9 Å². The van der Waals surface area contributed by atoms with Gasteiger partial charge < -0.3 is 9.47 Å². The second-order valence-corrected chi connectivity index (χ2v) is 3.80. The van der Waals surface area contributed by atoms with Crippen molar-refractivity contribution in [2.45, 2.75) is 33.6 Å². The normalized spacial score (nSPS) is 12.3. The highest BCUT2D eigenvalue weighted by molar-refractivity contribution is 5.94. The summed E-state index contributed by atoms with van der Waals surface area (Å²) < 4.78 is 9.39. The van der Waals surface area contributed by atoms with Crippen LogP contribution in [-0.4, -0.2) is 25.7 Å². The van der Waals surface area contributed by atoms with Crippen molar-refractivity contribution in [3.63, 3.8) is 0 Å². The Bertz CT molecular complexity index is 211. The van der Waals surface area contributed by atoms with Gasteiger partial charge >= 0.3 is 11.9 Å². The standard InChI is InChI=1S/C11H20O4/c1-5-15-11(13)9(10(12)14-4)7-6-8(2)3/h8-9H,5-7H2,1-4H3. The molecule has 4 heteroatoms. The third-order valence-corrected chi connectivity index (χ3v) is 2.09. The highest BCUT2D eigenvalue weighted by atomic mass is 16.5. The fourth-order valence-corrected chi connectivity index (χ4v) is 1.22. The van der Waals surface area contributed by atoms with Gasteiger partial charge in [-0.1, -0.05) is 13.8 Å². The van der Waals surface area contributed by atoms with Crippen molar-refractivity contribution < 1.29 is 19.1 Å². The van der Waals surface area contributed by atoms with Gasteiger partial charge in [-0.25, -0.2) is 0 Å². The minimum absolute atomic E-state index is 0.286. The van der Waals surface area contributed by atoms with Gasteiger partial charge in [-0.2, -0.15) is 0 Å². The van der Waals surface area contributed by atoms with Crippen molar-refractivity contribution in [2.24, 2.45) is 11.8 Å². The van der Waals surface area contributed by atoms with Gasteiger partial charge in [0.1, 0.15) is 0 Å². The molecule has 88 valence electrons. The van der Waals surface area contributed by atoms with Crippen LogP contribution in [0.3, 0.4) is 0 Å². The Kier molecular flexibility index (Phi) is 6.75. The van der Waals surface area contributed by atoms with Gasteiger partial charge in [-0.05, 0) is 25.7 Å². The smallest absolute Gasteiger partial charge is 0.320 e. The molecule has 1 atom stereocenters. The minimum atomic E-state index is -0.766. The molecule has 15 heavy (non-hydrogen) atoms. The third-order valence-electron chi connectivity index (χ3n) is 2.09. The number of ether oxygens (including phenoxy) is 2. The number of carbonyl (C=O) groups excluding carboxylic acids is 2. The molecule has 0 bridgehead atoms. The highest BCUT2D eigenvalue weighted by Crippen LogP contribution is 2.15. The number of esters is 2. The third kappa shape index (κ3) is 5.40. The molecule has 0 aliphatic rings. The SMILES string of the molecule is CCOC(=O)C(CCC(C)C)C(=O)OC. The molecule has 0 saturated heterocycles. The number of hydrogen-bond donors (Lipinski definition) is 0. The lowest BCUT2D eigenvalue weighted by Crippen LogP contribution is -2.27. The van der Waals surface area contributed by atoms with Gasteiger partial charge in [0.25, 0.3) is 0 Å². The quantitative estimate of drug-likeness (QED) is 0.501. The molecule has 0 saturated carbocycles. The summed E-state index contributed by atoms with van der Waals surface area (Å²) in [6.07, 6.45) is 1.29. The van der Waals surface area contributed by atoms with E-state index in [1.165, 1.54) is 7.11 Å². The van der Waals surface area contributed by atoms with E-state index >= 15 is 0 Å². The van der Waals surface area contributed by atoms with Crippen molar-refractivity contribution in [2.75, 3.05) is 13.7 Å². The second kappa shape index (κ2) is 7.26. The molecule has 0 aromatic heterocycles. The minimum Gasteiger partial charge on any atom is -0.468 e. The lowest BCUT2D eigenvalue weighted by atomic mass is 9.98. The van der Waals surface area contributed by atoms with Crippen LogP contribution >= 0.6 is 0 Å². The summed E-state index contributed by atoms with van der Waals surface area (Å²) in [6.45, 7) is 6.08. The Morgan fingerprint density at radius 1 is 1.13 bits per heavy atom. The summed E-state index contributed by atoms with van der Waals surface area (Å²) in [6, 6.07) is 0. The summed E-state index contributed by atoms with van der Waals surface area (Å²) >= 11 is 0. The first kappa shape index (κ1) is 13.9. The highest BCUT2D eigenvalue weighted by Gasteiger charge is 2.28. The van der Waals surface area contributed by atoms with Crippen LogP contribution in [0.4, 0.5) is 0 Å². The number of hydrogen-bond acceptors (Lipinski definition) is 4. The van der Waals surface area contributed by atoms with Gasteiger partial charge in [0.15, 0.2) is 5.92 Å². The number of methoxy groups -OCH3 is 1. The van der Waals surface area contributed by atoms with Crippen LogP contribution < -0.4 is 0 Å². The molecule has 0 radical (unpaired) electrons. The van der Waals surface area contributed by atoms with E-state index in [0.717, 1.165) is 6.42 Å². The maximum atomic E-state index is 11.4. The number of rotatable bonds is 6. The zero-order valence-corrected chi connectivity index (χ0v) is 9.91. The van der Waals surface area contributed by atoms with Crippen molar-refractivity contribution in [3.05, 3.63) is 0 Å². The fourth-order valence-electron chi connectivity index (χ4n) is 1.22. The van der Waals surface area contributed by atoms with Crippen molar-refractivity contribution in [1.29, 1.82) is 0 Å². The molecule has 1 unspecified atom stereocenters. The summed E-state index contributed by atoms with van der Waals surface area (Å²) in [7, 11) is 1.28. The second-order valence-electron chi connectivity index (χ2n) is 3.80. The number of carbonyl (C=O) groups is 2.